The van der Waals surface area contributed by atoms with Crippen LogP contribution in [0.25, 0.3) is 44.9 Å². The Bertz CT molecular complexity index is 1620. The molecule has 11 heteroatoms. The lowest BCUT2D eigenvalue weighted by atomic mass is 10.2. The Morgan fingerprint density at radius 3 is 3.00 bits per heavy atom. The highest BCUT2D eigenvalue weighted by atomic mass is 79.9. The zero-order valence-electron chi connectivity index (χ0n) is 17.4. The van der Waals surface area contributed by atoms with Gasteiger partial charge < -0.3 is 19.1 Å². The molecule has 34 heavy (non-hydrogen) atoms. The van der Waals surface area contributed by atoms with E-state index < -0.39 is 0 Å². The lowest BCUT2D eigenvalue weighted by Gasteiger charge is -1.99. The van der Waals surface area contributed by atoms with Gasteiger partial charge in [-0.1, -0.05) is 18.2 Å². The van der Waals surface area contributed by atoms with Gasteiger partial charge in [0.15, 0.2) is 10.9 Å². The summed E-state index contributed by atoms with van der Waals surface area (Å²) in [6, 6.07) is 11.5. The monoisotopic (exact) mass is 534 g/mol. The molecule has 0 bridgehead atoms. The first-order valence-electron chi connectivity index (χ1n) is 10.3. The number of hydrogen-bond acceptors (Lipinski definition) is 8. The Morgan fingerprint density at radius 2 is 2.09 bits per heavy atom. The molecule has 0 saturated heterocycles. The first-order valence-corrected chi connectivity index (χ1v) is 12.0. The van der Waals surface area contributed by atoms with Gasteiger partial charge in [-0.25, -0.2) is 9.97 Å². The molecule has 9 nitrogen and oxygen atoms in total. The normalized spacial score (nSPS) is 11.4. The predicted molar refractivity (Wildman–Crippen MR) is 131 cm³/mol. The minimum Gasteiger partial charge on any atom is -0.451 e. The number of aryl methyl sites for hydroxylation is 1. The molecular weight excluding hydrogens is 520 g/mol. The summed E-state index contributed by atoms with van der Waals surface area (Å²) >= 11 is 4.81. The Balaban J connectivity index is 1.10. The van der Waals surface area contributed by atoms with Crippen molar-refractivity contribution in [2.75, 3.05) is 5.32 Å². The number of fused-ring (bicyclic) bond motifs is 2. The molecule has 0 aliphatic rings. The minimum atomic E-state index is -0.187. The van der Waals surface area contributed by atoms with Gasteiger partial charge >= 0.3 is 0 Å². The number of pyridine rings is 1. The zero-order valence-corrected chi connectivity index (χ0v) is 19.8. The number of H-pyrrole nitrogens is 1. The maximum atomic E-state index is 12.5. The van der Waals surface area contributed by atoms with E-state index in [0.29, 0.717) is 23.2 Å². The molecule has 0 aliphatic carbocycles. The van der Waals surface area contributed by atoms with Crippen LogP contribution in [-0.4, -0.2) is 31.1 Å². The lowest BCUT2D eigenvalue weighted by molar-refractivity contribution is -0.116. The Morgan fingerprint density at radius 1 is 1.18 bits per heavy atom. The number of nitrogens with one attached hydrogen (secondary N) is 2. The van der Waals surface area contributed by atoms with Crippen LogP contribution in [0.2, 0.25) is 0 Å². The van der Waals surface area contributed by atoms with Crippen molar-refractivity contribution in [2.45, 2.75) is 12.8 Å². The Hall–Kier alpha value is -3.83. The van der Waals surface area contributed by atoms with Crippen molar-refractivity contribution in [2.24, 2.45) is 0 Å². The van der Waals surface area contributed by atoms with Crippen molar-refractivity contribution in [3.8, 4) is 22.9 Å². The highest BCUT2D eigenvalue weighted by molar-refractivity contribution is 9.10. The number of halogens is 1. The van der Waals surface area contributed by atoms with Crippen LogP contribution in [0, 0.1) is 0 Å². The van der Waals surface area contributed by atoms with E-state index in [-0.39, 0.29) is 18.2 Å². The van der Waals surface area contributed by atoms with Crippen LogP contribution in [0.5, 0.6) is 0 Å². The number of nitrogens with zero attached hydrogens (tertiary/aromatic N) is 4. The second-order valence-electron chi connectivity index (χ2n) is 7.49. The number of aromatic amines is 1. The highest BCUT2D eigenvalue weighted by Gasteiger charge is 2.16. The number of furan rings is 1. The molecule has 2 N–H and O–H groups in total. The molecule has 168 valence electrons. The van der Waals surface area contributed by atoms with Crippen LogP contribution < -0.4 is 5.32 Å². The number of anilines is 1. The van der Waals surface area contributed by atoms with Gasteiger partial charge in [-0.3, -0.25) is 4.79 Å². The van der Waals surface area contributed by atoms with Crippen LogP contribution in [-0.2, 0) is 11.2 Å². The topological polar surface area (TPSA) is 123 Å². The second kappa shape index (κ2) is 8.50. The maximum absolute atomic E-state index is 12.5. The molecule has 0 aliphatic heterocycles. The second-order valence-corrected chi connectivity index (χ2v) is 9.26. The summed E-state index contributed by atoms with van der Waals surface area (Å²) in [5, 5.41) is 15.2. The standard InChI is InChI=1S/C23H15BrN6O3S/c24-13-8-14-15(10-26-21(14)25-9-13)16-11-34-23(27-16)28-19(31)5-6-20-29-30-22(33-20)18-7-12-3-1-2-4-17(12)32-18/h1-4,7-11H,5-6H2,(H,25,26)(H,27,28,31). The van der Waals surface area contributed by atoms with Crippen molar-refractivity contribution in [1.82, 2.24) is 25.1 Å². The summed E-state index contributed by atoms with van der Waals surface area (Å²) in [6.45, 7) is 0. The Kier molecular flexibility index (Phi) is 5.19. The first kappa shape index (κ1) is 20.8. The number of carbonyl (C=O) groups excluding carboxylic acids is 1. The highest BCUT2D eigenvalue weighted by Crippen LogP contribution is 2.32. The van der Waals surface area contributed by atoms with Crippen molar-refractivity contribution in [3.05, 3.63) is 64.5 Å². The van der Waals surface area contributed by atoms with Gasteiger partial charge in [0.25, 0.3) is 5.89 Å². The summed E-state index contributed by atoms with van der Waals surface area (Å²) in [4.78, 5) is 24.5. The van der Waals surface area contributed by atoms with E-state index in [1.807, 2.05) is 48.0 Å². The van der Waals surface area contributed by atoms with Gasteiger partial charge in [0.2, 0.25) is 11.8 Å². The fourth-order valence-electron chi connectivity index (χ4n) is 3.59. The number of benzene rings is 1. The predicted octanol–water partition coefficient (Wildman–Crippen LogP) is 5.82. The van der Waals surface area contributed by atoms with E-state index in [0.717, 1.165) is 37.7 Å². The summed E-state index contributed by atoms with van der Waals surface area (Å²) in [6.07, 6.45) is 4.08. The molecule has 6 rings (SSSR count). The molecule has 0 spiro atoms. The minimum absolute atomic E-state index is 0.181. The fourth-order valence-corrected chi connectivity index (χ4v) is 4.65. The van der Waals surface area contributed by atoms with Crippen LogP contribution in [0.1, 0.15) is 12.3 Å². The molecule has 6 aromatic rings. The number of carbonyl (C=O) groups is 1. The fraction of sp³-hybridized carbons (Fsp3) is 0.0870. The van der Waals surface area contributed by atoms with Crippen molar-refractivity contribution >= 4 is 60.3 Å². The van der Waals surface area contributed by atoms with Crippen molar-refractivity contribution in [1.29, 1.82) is 0 Å². The number of hydrogen-bond donors (Lipinski definition) is 2. The van der Waals surface area contributed by atoms with Gasteiger partial charge in [0, 0.05) is 51.4 Å². The average molecular weight is 535 g/mol. The molecule has 5 aromatic heterocycles. The number of para-hydroxylation sites is 1. The quantitative estimate of drug-likeness (QED) is 0.276. The lowest BCUT2D eigenvalue weighted by Crippen LogP contribution is -2.12. The van der Waals surface area contributed by atoms with E-state index in [4.69, 9.17) is 8.83 Å². The molecule has 0 unspecified atom stereocenters. The molecular formula is C23H15BrN6O3S. The summed E-state index contributed by atoms with van der Waals surface area (Å²) < 4.78 is 12.3. The SMILES string of the molecule is O=C(CCc1nnc(-c2cc3ccccc3o2)o1)Nc1nc(-c2c[nH]c3ncc(Br)cc23)cs1. The molecule has 0 atom stereocenters. The Labute approximate surface area is 204 Å². The van der Waals surface area contributed by atoms with E-state index in [1.54, 1.807) is 6.20 Å². The maximum Gasteiger partial charge on any atom is 0.283 e. The van der Waals surface area contributed by atoms with Gasteiger partial charge in [0.1, 0.15) is 11.2 Å². The van der Waals surface area contributed by atoms with Crippen LogP contribution >= 0.6 is 27.3 Å². The van der Waals surface area contributed by atoms with E-state index in [9.17, 15) is 4.79 Å². The zero-order chi connectivity index (χ0) is 23.1. The van der Waals surface area contributed by atoms with E-state index in [2.05, 4.69) is 46.4 Å². The summed E-state index contributed by atoms with van der Waals surface area (Å²) in [7, 11) is 0. The molecule has 1 amide bonds. The van der Waals surface area contributed by atoms with Crippen molar-refractivity contribution < 1.29 is 13.6 Å². The largest absolute Gasteiger partial charge is 0.451 e. The number of rotatable bonds is 6. The van der Waals surface area contributed by atoms with Crippen LogP contribution in [0.4, 0.5) is 5.13 Å². The third-order valence-corrected chi connectivity index (χ3v) is 6.38. The van der Waals surface area contributed by atoms with E-state index in [1.165, 1.54) is 11.3 Å². The number of aromatic nitrogens is 5. The molecule has 5 heterocycles. The molecule has 0 radical (unpaired) electrons. The smallest absolute Gasteiger partial charge is 0.283 e. The molecule has 0 saturated carbocycles. The van der Waals surface area contributed by atoms with Gasteiger partial charge in [-0.15, -0.1) is 21.5 Å². The third-order valence-electron chi connectivity index (χ3n) is 5.19. The van der Waals surface area contributed by atoms with Crippen LogP contribution in [0.3, 0.4) is 0 Å². The van der Waals surface area contributed by atoms with Gasteiger partial charge in [0.05, 0.1) is 5.69 Å². The third kappa shape index (κ3) is 3.99. The molecule has 0 fully saturated rings. The first-order chi connectivity index (χ1) is 16.6. The summed E-state index contributed by atoms with van der Waals surface area (Å²) in [5.74, 6) is 0.963. The number of thiazole rings is 1. The summed E-state index contributed by atoms with van der Waals surface area (Å²) in [5.41, 5.74) is 3.21. The van der Waals surface area contributed by atoms with Gasteiger partial charge in [-0.05, 0) is 34.1 Å². The van der Waals surface area contributed by atoms with Crippen molar-refractivity contribution in [3.63, 3.8) is 0 Å². The number of amides is 1. The molecule has 1 aromatic carbocycles. The average Bonchev–Trinajstić information content (AvgIpc) is 3.62. The van der Waals surface area contributed by atoms with Crippen LogP contribution in [0.15, 0.2) is 67.5 Å². The van der Waals surface area contributed by atoms with E-state index >= 15 is 0 Å². The van der Waals surface area contributed by atoms with Gasteiger partial charge in [-0.2, -0.15) is 0 Å².